The summed E-state index contributed by atoms with van der Waals surface area (Å²) in [6.07, 6.45) is -4.76. The number of H-pyrrole nitrogens is 1. The summed E-state index contributed by atoms with van der Waals surface area (Å²) in [7, 11) is 0. The molecule has 9 heteroatoms. The van der Waals surface area contributed by atoms with Gasteiger partial charge in [-0.15, -0.1) is 13.2 Å². The number of benzene rings is 1. The number of carbonyl (C=O) groups excluding carboxylic acids is 1. The van der Waals surface area contributed by atoms with Gasteiger partial charge in [-0.05, 0) is 30.7 Å². The highest BCUT2D eigenvalue weighted by Crippen LogP contribution is 2.29. The number of nitrogens with one attached hydrogen (secondary N) is 1. The average Bonchev–Trinajstić information content (AvgIpc) is 2.75. The predicted molar refractivity (Wildman–Crippen MR) is 61.8 cm³/mol. The van der Waals surface area contributed by atoms with Gasteiger partial charge in [0.25, 0.3) is 5.91 Å². The molecule has 20 heavy (non-hydrogen) atoms. The third kappa shape index (κ3) is 2.87. The summed E-state index contributed by atoms with van der Waals surface area (Å²) in [6, 6.07) is 3.65. The van der Waals surface area contributed by atoms with Crippen LogP contribution in [0.1, 0.15) is 16.1 Å². The maximum atomic E-state index is 12.1. The minimum Gasteiger partial charge on any atom is -0.406 e. The van der Waals surface area contributed by atoms with E-state index in [1.54, 1.807) is 6.92 Å². The van der Waals surface area contributed by atoms with Crippen LogP contribution in [0.4, 0.5) is 13.2 Å². The zero-order chi connectivity index (χ0) is 14.9. The Morgan fingerprint density at radius 2 is 2.05 bits per heavy atom. The Morgan fingerprint density at radius 3 is 2.60 bits per heavy atom. The highest BCUT2D eigenvalue weighted by molar-refractivity contribution is 5.97. The van der Waals surface area contributed by atoms with Gasteiger partial charge in [-0.2, -0.15) is 15.4 Å². The van der Waals surface area contributed by atoms with Crippen molar-refractivity contribution < 1.29 is 22.7 Å². The SMILES string of the molecule is Cc1cc(OC(F)(F)F)ccc1-c1n[nH]nc1C(N)=O. The van der Waals surface area contributed by atoms with Crippen LogP contribution < -0.4 is 10.5 Å². The lowest BCUT2D eigenvalue weighted by molar-refractivity contribution is -0.274. The molecule has 0 aliphatic heterocycles. The number of primary amides is 1. The first-order valence-corrected chi connectivity index (χ1v) is 5.35. The van der Waals surface area contributed by atoms with Crippen LogP contribution in [-0.4, -0.2) is 27.7 Å². The third-order valence-corrected chi connectivity index (χ3v) is 2.47. The van der Waals surface area contributed by atoms with Gasteiger partial charge in [-0.25, -0.2) is 0 Å². The van der Waals surface area contributed by atoms with E-state index in [1.165, 1.54) is 12.1 Å². The Labute approximate surface area is 110 Å². The average molecular weight is 286 g/mol. The molecule has 0 saturated carbocycles. The lowest BCUT2D eigenvalue weighted by Gasteiger charge is -2.11. The number of rotatable bonds is 3. The van der Waals surface area contributed by atoms with E-state index in [4.69, 9.17) is 5.73 Å². The third-order valence-electron chi connectivity index (χ3n) is 2.47. The van der Waals surface area contributed by atoms with Crippen molar-refractivity contribution in [2.24, 2.45) is 5.73 Å². The Bertz CT molecular complexity index is 651. The van der Waals surface area contributed by atoms with E-state index in [-0.39, 0.29) is 17.1 Å². The number of hydrogen-bond donors (Lipinski definition) is 2. The first kappa shape index (κ1) is 13.8. The monoisotopic (exact) mass is 286 g/mol. The topological polar surface area (TPSA) is 93.9 Å². The number of amides is 1. The van der Waals surface area contributed by atoms with Gasteiger partial charge < -0.3 is 10.5 Å². The summed E-state index contributed by atoms with van der Waals surface area (Å²) in [5.74, 6) is -1.15. The molecule has 2 aromatic rings. The molecule has 0 atom stereocenters. The van der Waals surface area contributed by atoms with Crippen LogP contribution in [-0.2, 0) is 0 Å². The molecule has 0 aliphatic carbocycles. The maximum absolute atomic E-state index is 12.1. The summed E-state index contributed by atoms with van der Waals surface area (Å²) < 4.78 is 40.1. The van der Waals surface area contributed by atoms with Crippen LogP contribution >= 0.6 is 0 Å². The number of nitrogens with two attached hydrogens (primary N) is 1. The molecule has 0 spiro atoms. The fourth-order valence-electron chi connectivity index (χ4n) is 1.69. The highest BCUT2D eigenvalue weighted by atomic mass is 19.4. The normalized spacial score (nSPS) is 11.4. The number of aromatic amines is 1. The number of hydrogen-bond acceptors (Lipinski definition) is 4. The van der Waals surface area contributed by atoms with Gasteiger partial charge in [0.05, 0.1) is 0 Å². The van der Waals surface area contributed by atoms with Crippen LogP contribution in [0, 0.1) is 6.92 Å². The second-order valence-electron chi connectivity index (χ2n) is 3.91. The summed E-state index contributed by atoms with van der Waals surface area (Å²) in [5, 5.41) is 9.61. The quantitative estimate of drug-likeness (QED) is 0.899. The molecule has 0 fully saturated rings. The second-order valence-corrected chi connectivity index (χ2v) is 3.91. The molecule has 1 aromatic carbocycles. The summed E-state index contributed by atoms with van der Waals surface area (Å²) in [6.45, 7) is 1.55. The summed E-state index contributed by atoms with van der Waals surface area (Å²) in [4.78, 5) is 11.1. The fourth-order valence-corrected chi connectivity index (χ4v) is 1.69. The molecule has 1 amide bonds. The number of nitrogens with zero attached hydrogens (tertiary/aromatic N) is 2. The van der Waals surface area contributed by atoms with Gasteiger partial charge >= 0.3 is 6.36 Å². The molecule has 0 unspecified atom stereocenters. The zero-order valence-corrected chi connectivity index (χ0v) is 10.2. The Kier molecular flexibility index (Phi) is 3.35. The number of carbonyl (C=O) groups is 1. The first-order valence-electron chi connectivity index (χ1n) is 5.35. The van der Waals surface area contributed by atoms with Crippen LogP contribution in [0.15, 0.2) is 18.2 Å². The number of alkyl halides is 3. The van der Waals surface area contributed by atoms with E-state index in [2.05, 4.69) is 20.1 Å². The molecular weight excluding hydrogens is 277 g/mol. The van der Waals surface area contributed by atoms with E-state index in [0.717, 1.165) is 6.07 Å². The summed E-state index contributed by atoms with van der Waals surface area (Å²) in [5.41, 5.74) is 6.08. The fraction of sp³-hybridized carbons (Fsp3) is 0.182. The lowest BCUT2D eigenvalue weighted by atomic mass is 10.0. The molecule has 0 bridgehead atoms. The van der Waals surface area contributed by atoms with Gasteiger partial charge in [0.2, 0.25) is 0 Å². The lowest BCUT2D eigenvalue weighted by Crippen LogP contribution is -2.17. The Balaban J connectivity index is 2.39. The standard InChI is InChI=1S/C11H9F3N4O2/c1-5-4-6(20-11(12,13)14)2-3-7(5)8-9(10(15)19)17-18-16-8/h2-4H,1H3,(H2,15,19)(H,16,17,18). The van der Waals surface area contributed by atoms with Crippen molar-refractivity contribution in [1.82, 2.24) is 15.4 Å². The van der Waals surface area contributed by atoms with E-state index >= 15 is 0 Å². The molecule has 6 nitrogen and oxygen atoms in total. The van der Waals surface area contributed by atoms with E-state index in [9.17, 15) is 18.0 Å². The second kappa shape index (κ2) is 4.83. The van der Waals surface area contributed by atoms with Crippen molar-refractivity contribution in [2.45, 2.75) is 13.3 Å². The van der Waals surface area contributed by atoms with Gasteiger partial charge in [0, 0.05) is 5.56 Å². The number of aromatic nitrogens is 3. The molecule has 0 radical (unpaired) electrons. The van der Waals surface area contributed by atoms with Gasteiger partial charge in [0.15, 0.2) is 5.69 Å². The van der Waals surface area contributed by atoms with Crippen molar-refractivity contribution in [2.75, 3.05) is 0 Å². The predicted octanol–water partition coefficient (Wildman–Crippen LogP) is 1.78. The molecule has 1 aromatic heterocycles. The van der Waals surface area contributed by atoms with E-state index in [0.29, 0.717) is 11.1 Å². The van der Waals surface area contributed by atoms with Crippen molar-refractivity contribution >= 4 is 5.91 Å². The van der Waals surface area contributed by atoms with Crippen molar-refractivity contribution in [1.29, 1.82) is 0 Å². The zero-order valence-electron chi connectivity index (χ0n) is 10.2. The smallest absolute Gasteiger partial charge is 0.406 e. The van der Waals surface area contributed by atoms with Gasteiger partial charge in [0.1, 0.15) is 11.4 Å². The van der Waals surface area contributed by atoms with Crippen molar-refractivity contribution in [3.05, 3.63) is 29.5 Å². The highest BCUT2D eigenvalue weighted by Gasteiger charge is 2.31. The molecule has 2 rings (SSSR count). The Hall–Kier alpha value is -2.58. The number of ether oxygens (including phenoxy) is 1. The molecule has 0 aliphatic rings. The summed E-state index contributed by atoms with van der Waals surface area (Å²) >= 11 is 0. The maximum Gasteiger partial charge on any atom is 0.573 e. The van der Waals surface area contributed by atoms with Crippen LogP contribution in [0.3, 0.4) is 0 Å². The van der Waals surface area contributed by atoms with Gasteiger partial charge in [-0.1, -0.05) is 0 Å². The van der Waals surface area contributed by atoms with Crippen LogP contribution in [0.5, 0.6) is 5.75 Å². The largest absolute Gasteiger partial charge is 0.573 e. The van der Waals surface area contributed by atoms with Crippen LogP contribution in [0.2, 0.25) is 0 Å². The minimum atomic E-state index is -4.76. The van der Waals surface area contributed by atoms with E-state index < -0.39 is 12.3 Å². The molecule has 0 saturated heterocycles. The van der Waals surface area contributed by atoms with Crippen LogP contribution in [0.25, 0.3) is 11.3 Å². The molecule has 1 heterocycles. The van der Waals surface area contributed by atoms with Crippen molar-refractivity contribution in [3.8, 4) is 17.0 Å². The first-order chi connectivity index (χ1) is 9.28. The molecule has 106 valence electrons. The Morgan fingerprint density at radius 1 is 1.35 bits per heavy atom. The minimum absolute atomic E-state index is 0.0856. The molecule has 3 N–H and O–H groups in total. The number of aryl methyl sites for hydroxylation is 1. The van der Waals surface area contributed by atoms with E-state index in [1.807, 2.05) is 0 Å². The van der Waals surface area contributed by atoms with Crippen molar-refractivity contribution in [3.63, 3.8) is 0 Å². The number of halogens is 3. The molecular formula is C11H9F3N4O2. The van der Waals surface area contributed by atoms with Gasteiger partial charge in [-0.3, -0.25) is 4.79 Å².